The number of benzene rings is 3. The molecule has 1 aromatic heterocycles. The normalized spacial score (nSPS) is 11.9. The van der Waals surface area contributed by atoms with E-state index in [-0.39, 0.29) is 17.5 Å². The molecule has 188 valence electrons. The van der Waals surface area contributed by atoms with Crippen molar-refractivity contribution < 1.29 is 14.3 Å². The Morgan fingerprint density at radius 2 is 1.73 bits per heavy atom. The maximum absolute atomic E-state index is 12.6. The maximum atomic E-state index is 12.6. The quantitative estimate of drug-likeness (QED) is 0.206. The van der Waals surface area contributed by atoms with Crippen LogP contribution in [-0.2, 0) is 4.74 Å². The zero-order chi connectivity index (χ0) is 26.4. The number of carbonyl (C=O) groups excluding carboxylic acids is 2. The van der Waals surface area contributed by atoms with Gasteiger partial charge in [-0.15, -0.1) is 10.2 Å². The number of ether oxygens (including phenoxy) is 1. The minimum atomic E-state index is -0.506. The van der Waals surface area contributed by atoms with Gasteiger partial charge in [-0.3, -0.25) is 4.79 Å². The number of esters is 1. The Balaban J connectivity index is 1.64. The molecule has 8 nitrogen and oxygen atoms in total. The lowest BCUT2D eigenvalue weighted by atomic mass is 10.1. The molecule has 1 amide bonds. The van der Waals surface area contributed by atoms with Crippen molar-refractivity contribution in [3.05, 3.63) is 105 Å². The fraction of sp³-hybridized carbons (Fsp3) is 0.179. The highest BCUT2D eigenvalue weighted by Crippen LogP contribution is 2.15. The Morgan fingerprint density at radius 3 is 2.46 bits per heavy atom. The number of aromatic nitrogens is 2. The number of aryl methyl sites for hydroxylation is 2. The first-order valence-corrected chi connectivity index (χ1v) is 12.6. The van der Waals surface area contributed by atoms with Crippen LogP contribution >= 0.6 is 11.3 Å². The van der Waals surface area contributed by atoms with Crippen LogP contribution in [0.2, 0.25) is 0 Å². The summed E-state index contributed by atoms with van der Waals surface area (Å²) in [6.45, 7) is 7.78. The van der Waals surface area contributed by atoms with E-state index in [0.717, 1.165) is 33.7 Å². The molecule has 0 fully saturated rings. The van der Waals surface area contributed by atoms with E-state index in [0.29, 0.717) is 21.8 Å². The van der Waals surface area contributed by atoms with Gasteiger partial charge in [0, 0.05) is 11.3 Å². The highest BCUT2D eigenvalue weighted by molar-refractivity contribution is 7.10. The van der Waals surface area contributed by atoms with E-state index in [4.69, 9.17) is 4.74 Å². The fourth-order valence-corrected chi connectivity index (χ4v) is 4.21. The van der Waals surface area contributed by atoms with E-state index in [2.05, 4.69) is 20.6 Å². The monoisotopic (exact) mass is 513 g/mol. The molecular formula is C28H27N5O3S. The smallest absolute Gasteiger partial charge is 0.369 e. The van der Waals surface area contributed by atoms with E-state index in [1.807, 2.05) is 81.4 Å². The van der Waals surface area contributed by atoms with E-state index >= 15 is 0 Å². The van der Waals surface area contributed by atoms with Crippen LogP contribution in [-0.4, -0.2) is 34.0 Å². The van der Waals surface area contributed by atoms with Gasteiger partial charge in [-0.1, -0.05) is 53.3 Å². The number of hydrogen-bond donors (Lipinski definition) is 1. The van der Waals surface area contributed by atoms with Crippen LogP contribution < -0.4 is 10.1 Å². The van der Waals surface area contributed by atoms with Crippen LogP contribution in [0.3, 0.4) is 0 Å². The third-order valence-electron chi connectivity index (χ3n) is 5.39. The molecule has 4 aromatic rings. The number of hydrogen-bond acceptors (Lipinski definition) is 7. The molecule has 0 bridgehead atoms. The Labute approximate surface area is 219 Å². The van der Waals surface area contributed by atoms with E-state index < -0.39 is 5.97 Å². The Kier molecular flexibility index (Phi) is 8.05. The summed E-state index contributed by atoms with van der Waals surface area (Å²) in [5, 5.41) is 16.4. The summed E-state index contributed by atoms with van der Waals surface area (Å²) in [5.74, 6) is -0.695. The lowest BCUT2D eigenvalue weighted by Crippen LogP contribution is -2.14. The van der Waals surface area contributed by atoms with Crippen molar-refractivity contribution in [3.8, 4) is 5.69 Å². The molecule has 0 atom stereocenters. The van der Waals surface area contributed by atoms with E-state index in [9.17, 15) is 9.59 Å². The Hall–Kier alpha value is -4.37. The molecule has 1 heterocycles. The van der Waals surface area contributed by atoms with Crippen molar-refractivity contribution in [3.63, 3.8) is 0 Å². The van der Waals surface area contributed by atoms with Gasteiger partial charge in [0.25, 0.3) is 5.91 Å². The largest absolute Gasteiger partial charge is 0.461 e. The number of nitrogens with zero attached hydrogens (tertiary/aromatic N) is 4. The van der Waals surface area contributed by atoms with Crippen molar-refractivity contribution in [1.29, 1.82) is 0 Å². The van der Waals surface area contributed by atoms with Gasteiger partial charge in [-0.25, -0.2) is 9.48 Å². The molecule has 0 aliphatic heterocycles. The minimum absolute atomic E-state index is 0.188. The second-order valence-corrected chi connectivity index (χ2v) is 9.30. The van der Waals surface area contributed by atoms with Gasteiger partial charge < -0.3 is 10.1 Å². The van der Waals surface area contributed by atoms with Gasteiger partial charge >= 0.3 is 5.97 Å². The number of anilines is 1. The zero-order valence-corrected chi connectivity index (χ0v) is 21.9. The first-order valence-electron chi connectivity index (χ1n) is 11.7. The van der Waals surface area contributed by atoms with Crippen LogP contribution in [0, 0.1) is 13.8 Å². The summed E-state index contributed by atoms with van der Waals surface area (Å²) in [5.41, 5.74) is 5.56. The van der Waals surface area contributed by atoms with Gasteiger partial charge in [-0.2, -0.15) is 5.10 Å². The van der Waals surface area contributed by atoms with E-state index in [1.54, 1.807) is 23.7 Å². The lowest BCUT2D eigenvalue weighted by Gasteiger charge is -2.07. The second-order valence-electron chi connectivity index (χ2n) is 8.35. The van der Waals surface area contributed by atoms with Crippen LogP contribution in [0.25, 0.3) is 5.69 Å². The molecule has 0 saturated heterocycles. The van der Waals surface area contributed by atoms with Gasteiger partial charge in [0.05, 0.1) is 18.0 Å². The van der Waals surface area contributed by atoms with Crippen LogP contribution in [0.4, 0.5) is 5.69 Å². The van der Waals surface area contributed by atoms with Crippen LogP contribution in [0.1, 0.15) is 50.7 Å². The average molecular weight is 514 g/mol. The summed E-state index contributed by atoms with van der Waals surface area (Å²) in [6, 6.07) is 22.5. The molecule has 37 heavy (non-hydrogen) atoms. The summed E-state index contributed by atoms with van der Waals surface area (Å²) >= 11 is 1.10. The molecule has 0 spiro atoms. The van der Waals surface area contributed by atoms with Crippen molar-refractivity contribution in [1.82, 2.24) is 9.78 Å². The average Bonchev–Trinajstić information content (AvgIpc) is 3.32. The maximum Gasteiger partial charge on any atom is 0.369 e. The zero-order valence-electron chi connectivity index (χ0n) is 21.1. The Bertz CT molecular complexity index is 1530. The summed E-state index contributed by atoms with van der Waals surface area (Å²) in [4.78, 5) is 25.4. The molecule has 0 aliphatic rings. The summed E-state index contributed by atoms with van der Waals surface area (Å²) < 4.78 is 6.70. The van der Waals surface area contributed by atoms with Gasteiger partial charge in [0.1, 0.15) is 0 Å². The van der Waals surface area contributed by atoms with Crippen LogP contribution in [0.15, 0.2) is 83.0 Å². The van der Waals surface area contributed by atoms with Gasteiger partial charge in [0.2, 0.25) is 9.81 Å². The first-order chi connectivity index (χ1) is 17.8. The SMILES string of the molecule is CCOC(=O)c1nn(-c2cccc(C)c2)/c(=N/N=C(\C)c2cccc(NC(=O)c3ccc(C)cc3)c2)s1. The third kappa shape index (κ3) is 6.45. The fourth-order valence-electron chi connectivity index (χ4n) is 3.46. The molecule has 3 aromatic carbocycles. The second kappa shape index (κ2) is 11.6. The molecular weight excluding hydrogens is 486 g/mol. The highest BCUT2D eigenvalue weighted by Gasteiger charge is 2.16. The molecule has 0 aliphatic carbocycles. The van der Waals surface area contributed by atoms with Crippen LogP contribution in [0.5, 0.6) is 0 Å². The Morgan fingerprint density at radius 1 is 0.973 bits per heavy atom. The lowest BCUT2D eigenvalue weighted by molar-refractivity contribution is 0.0524. The van der Waals surface area contributed by atoms with Crippen molar-refractivity contribution >= 4 is 34.6 Å². The number of carbonyl (C=O) groups is 2. The van der Waals surface area contributed by atoms with Gasteiger partial charge in [0.15, 0.2) is 0 Å². The van der Waals surface area contributed by atoms with Crippen molar-refractivity contribution in [2.75, 3.05) is 11.9 Å². The standard InChI is InChI=1S/C28H27N5O3S/c1-5-36-27(35)26-32-33(24-11-6-8-19(3)16-24)28(37-26)31-30-20(4)22-9-7-10-23(17-22)29-25(34)21-14-12-18(2)13-15-21/h6-17H,5H2,1-4H3,(H,29,34)/b30-20+,31-28-. The number of nitrogens with one attached hydrogen (secondary N) is 1. The van der Waals surface area contributed by atoms with Crippen molar-refractivity contribution in [2.45, 2.75) is 27.7 Å². The molecule has 4 rings (SSSR count). The molecule has 0 radical (unpaired) electrons. The molecule has 9 heteroatoms. The molecule has 0 unspecified atom stereocenters. The summed E-state index contributed by atoms with van der Waals surface area (Å²) in [7, 11) is 0. The predicted octanol–water partition coefficient (Wildman–Crippen LogP) is 5.30. The number of amides is 1. The first kappa shape index (κ1) is 25.7. The van der Waals surface area contributed by atoms with E-state index in [1.165, 1.54) is 0 Å². The van der Waals surface area contributed by atoms with Gasteiger partial charge in [-0.05, 0) is 75.2 Å². The number of rotatable bonds is 7. The minimum Gasteiger partial charge on any atom is -0.461 e. The molecule has 1 N–H and O–H groups in total. The predicted molar refractivity (Wildman–Crippen MR) is 145 cm³/mol. The topological polar surface area (TPSA) is 97.9 Å². The molecule has 0 saturated carbocycles. The summed E-state index contributed by atoms with van der Waals surface area (Å²) in [6.07, 6.45) is 0. The highest BCUT2D eigenvalue weighted by atomic mass is 32.1. The third-order valence-corrected chi connectivity index (χ3v) is 6.27. The van der Waals surface area contributed by atoms with Crippen molar-refractivity contribution in [2.24, 2.45) is 10.2 Å².